The third-order valence-electron chi connectivity index (χ3n) is 3.27. The van der Waals surface area contributed by atoms with Crippen molar-refractivity contribution in [1.82, 2.24) is 10.2 Å². The van der Waals surface area contributed by atoms with Gasteiger partial charge in [-0.1, -0.05) is 37.3 Å². The van der Waals surface area contributed by atoms with Gasteiger partial charge in [0.25, 0.3) is 5.91 Å². The molecule has 1 saturated heterocycles. The zero-order valence-electron chi connectivity index (χ0n) is 11.4. The average molecular weight is 276 g/mol. The number of amides is 3. The number of benzene rings is 1. The highest BCUT2D eigenvalue weighted by Gasteiger charge is 2.49. The van der Waals surface area contributed by atoms with Gasteiger partial charge in [-0.15, -0.1) is 0 Å². The van der Waals surface area contributed by atoms with Gasteiger partial charge in [-0.2, -0.15) is 0 Å². The van der Waals surface area contributed by atoms with Crippen LogP contribution in [-0.2, 0) is 19.9 Å². The second-order valence-corrected chi connectivity index (χ2v) is 4.65. The smallest absolute Gasteiger partial charge is 0.328 e. The summed E-state index contributed by atoms with van der Waals surface area (Å²) in [6.07, 6.45) is 0.194. The van der Waals surface area contributed by atoms with Crippen LogP contribution in [0.15, 0.2) is 30.3 Å². The Hall–Kier alpha value is -2.37. The van der Waals surface area contributed by atoms with Crippen molar-refractivity contribution in [2.24, 2.45) is 0 Å². The van der Waals surface area contributed by atoms with Gasteiger partial charge in [0.1, 0.15) is 5.54 Å². The number of carbonyl (C=O) groups excluding carboxylic acids is 3. The summed E-state index contributed by atoms with van der Waals surface area (Å²) in [6, 6.07) is 8.37. The van der Waals surface area contributed by atoms with Crippen molar-refractivity contribution < 1.29 is 19.1 Å². The van der Waals surface area contributed by atoms with Crippen LogP contribution < -0.4 is 5.32 Å². The molecule has 0 bridgehead atoms. The maximum atomic E-state index is 12.4. The van der Waals surface area contributed by atoms with Crippen LogP contribution >= 0.6 is 0 Å². The first-order valence-corrected chi connectivity index (χ1v) is 6.34. The van der Waals surface area contributed by atoms with Crippen LogP contribution in [0.25, 0.3) is 0 Å². The van der Waals surface area contributed by atoms with E-state index in [0.29, 0.717) is 5.56 Å². The van der Waals surface area contributed by atoms with E-state index < -0.39 is 23.4 Å². The Morgan fingerprint density at radius 1 is 1.30 bits per heavy atom. The number of hydrogen-bond acceptors (Lipinski definition) is 4. The summed E-state index contributed by atoms with van der Waals surface area (Å²) in [4.78, 5) is 36.3. The third kappa shape index (κ3) is 2.36. The van der Waals surface area contributed by atoms with Gasteiger partial charge in [-0.3, -0.25) is 9.59 Å². The Kier molecular flexibility index (Phi) is 3.74. The molecule has 1 aromatic carbocycles. The Morgan fingerprint density at radius 3 is 2.55 bits per heavy atom. The van der Waals surface area contributed by atoms with Crippen LogP contribution in [-0.4, -0.2) is 29.5 Å². The fourth-order valence-electron chi connectivity index (χ4n) is 2.02. The molecule has 0 radical (unpaired) electrons. The second-order valence-electron chi connectivity index (χ2n) is 4.65. The van der Waals surface area contributed by atoms with Crippen LogP contribution in [0.5, 0.6) is 0 Å². The van der Waals surface area contributed by atoms with E-state index in [-0.39, 0.29) is 13.2 Å². The van der Waals surface area contributed by atoms with Gasteiger partial charge in [-0.05, 0) is 12.5 Å². The zero-order chi connectivity index (χ0) is 14.8. The lowest BCUT2D eigenvalue weighted by Crippen LogP contribution is -2.41. The highest BCUT2D eigenvalue weighted by molar-refractivity contribution is 6.07. The fourth-order valence-corrected chi connectivity index (χ4v) is 2.02. The SMILES string of the molecule is CCC(=O)OCN1C(=O)NC(C)(c2ccccc2)C1=O. The maximum Gasteiger partial charge on any atom is 0.328 e. The van der Waals surface area contributed by atoms with Crippen molar-refractivity contribution in [3.05, 3.63) is 35.9 Å². The van der Waals surface area contributed by atoms with Crippen molar-refractivity contribution in [3.63, 3.8) is 0 Å². The summed E-state index contributed by atoms with van der Waals surface area (Å²) in [5, 5.41) is 2.63. The van der Waals surface area contributed by atoms with E-state index >= 15 is 0 Å². The predicted octanol–water partition coefficient (Wildman–Crippen LogP) is 1.36. The Bertz CT molecular complexity index is 543. The van der Waals surface area contributed by atoms with Crippen molar-refractivity contribution in [1.29, 1.82) is 0 Å². The van der Waals surface area contributed by atoms with E-state index in [1.165, 1.54) is 0 Å². The van der Waals surface area contributed by atoms with Gasteiger partial charge in [0.15, 0.2) is 6.73 Å². The molecule has 1 atom stereocenters. The Labute approximate surface area is 116 Å². The number of nitrogens with one attached hydrogen (secondary N) is 1. The van der Waals surface area contributed by atoms with Gasteiger partial charge in [0, 0.05) is 6.42 Å². The normalized spacial score (nSPS) is 21.8. The van der Waals surface area contributed by atoms with Crippen LogP contribution in [0.2, 0.25) is 0 Å². The second kappa shape index (κ2) is 5.32. The van der Waals surface area contributed by atoms with Gasteiger partial charge >= 0.3 is 12.0 Å². The average Bonchev–Trinajstić information content (AvgIpc) is 2.69. The molecule has 0 spiro atoms. The lowest BCUT2D eigenvalue weighted by molar-refractivity contribution is -0.150. The number of imide groups is 1. The molecular weight excluding hydrogens is 260 g/mol. The first kappa shape index (κ1) is 14.0. The molecule has 0 saturated carbocycles. The molecule has 6 nitrogen and oxygen atoms in total. The topological polar surface area (TPSA) is 75.7 Å². The molecular formula is C14H16N2O4. The minimum atomic E-state index is -1.13. The van der Waals surface area contributed by atoms with E-state index in [2.05, 4.69) is 5.32 Å². The quantitative estimate of drug-likeness (QED) is 0.665. The highest BCUT2D eigenvalue weighted by atomic mass is 16.5. The van der Waals surface area contributed by atoms with Crippen LogP contribution in [0.3, 0.4) is 0 Å². The molecule has 0 aliphatic carbocycles. The number of nitrogens with zero attached hydrogens (tertiary/aromatic N) is 1. The number of ether oxygens (including phenoxy) is 1. The number of hydrogen-bond donors (Lipinski definition) is 1. The lowest BCUT2D eigenvalue weighted by Gasteiger charge is -2.22. The van der Waals surface area contributed by atoms with E-state index in [4.69, 9.17) is 4.74 Å². The number of carbonyl (C=O) groups is 3. The third-order valence-corrected chi connectivity index (χ3v) is 3.27. The summed E-state index contributed by atoms with van der Waals surface area (Å²) < 4.78 is 4.85. The monoisotopic (exact) mass is 276 g/mol. The summed E-state index contributed by atoms with van der Waals surface area (Å²) in [5.41, 5.74) is -0.445. The van der Waals surface area contributed by atoms with E-state index in [9.17, 15) is 14.4 Å². The summed E-state index contributed by atoms with van der Waals surface area (Å²) in [5.74, 6) is -0.892. The van der Waals surface area contributed by atoms with E-state index in [1.54, 1.807) is 38.1 Å². The molecule has 106 valence electrons. The van der Waals surface area contributed by atoms with Crippen molar-refractivity contribution in [3.8, 4) is 0 Å². The predicted molar refractivity (Wildman–Crippen MR) is 70.4 cm³/mol. The van der Waals surface area contributed by atoms with Gasteiger partial charge in [0.2, 0.25) is 0 Å². The van der Waals surface area contributed by atoms with Crippen LogP contribution in [0, 0.1) is 0 Å². The van der Waals surface area contributed by atoms with Crippen molar-refractivity contribution >= 4 is 17.9 Å². The molecule has 1 aromatic rings. The van der Waals surface area contributed by atoms with E-state index in [1.807, 2.05) is 6.07 Å². The van der Waals surface area contributed by atoms with Crippen LogP contribution in [0.4, 0.5) is 4.79 Å². The molecule has 1 aliphatic heterocycles. The minimum Gasteiger partial charge on any atom is -0.444 e. The largest absolute Gasteiger partial charge is 0.444 e. The summed E-state index contributed by atoms with van der Waals surface area (Å²) in [7, 11) is 0. The molecule has 6 heteroatoms. The fraction of sp³-hybridized carbons (Fsp3) is 0.357. The maximum absolute atomic E-state index is 12.4. The van der Waals surface area contributed by atoms with Crippen molar-refractivity contribution in [2.45, 2.75) is 25.8 Å². The first-order chi connectivity index (χ1) is 9.49. The molecule has 1 unspecified atom stereocenters. The number of urea groups is 1. The number of rotatable bonds is 4. The zero-order valence-corrected chi connectivity index (χ0v) is 11.4. The minimum absolute atomic E-state index is 0.194. The molecule has 20 heavy (non-hydrogen) atoms. The summed E-state index contributed by atoms with van der Waals surface area (Å²) >= 11 is 0. The molecule has 1 aliphatic rings. The molecule has 2 rings (SSSR count). The molecule has 1 fully saturated rings. The molecule has 1 heterocycles. The van der Waals surface area contributed by atoms with Gasteiger partial charge < -0.3 is 10.1 Å². The van der Waals surface area contributed by atoms with Gasteiger partial charge in [0.05, 0.1) is 0 Å². The van der Waals surface area contributed by atoms with E-state index in [0.717, 1.165) is 4.90 Å². The molecule has 0 aromatic heterocycles. The van der Waals surface area contributed by atoms with Crippen LogP contribution in [0.1, 0.15) is 25.8 Å². The highest BCUT2D eigenvalue weighted by Crippen LogP contribution is 2.28. The molecule has 3 amide bonds. The Balaban J connectivity index is 2.18. The molecule has 1 N–H and O–H groups in total. The number of esters is 1. The Morgan fingerprint density at radius 2 is 1.95 bits per heavy atom. The first-order valence-electron chi connectivity index (χ1n) is 6.34. The standard InChI is InChI=1S/C14H16N2O4/c1-3-11(17)20-9-16-12(18)14(2,15-13(16)19)10-7-5-4-6-8-10/h4-8H,3,9H2,1-2H3,(H,15,19). The lowest BCUT2D eigenvalue weighted by atomic mass is 9.92. The van der Waals surface area contributed by atoms with Crippen molar-refractivity contribution in [2.75, 3.05) is 6.73 Å². The van der Waals surface area contributed by atoms with Gasteiger partial charge in [-0.25, -0.2) is 9.69 Å². The summed E-state index contributed by atoms with van der Waals surface area (Å²) in [6.45, 7) is 2.91.